The van der Waals surface area contributed by atoms with E-state index in [1.165, 1.54) is 22.6 Å². The summed E-state index contributed by atoms with van der Waals surface area (Å²) in [4.78, 5) is 16.5. The van der Waals surface area contributed by atoms with Crippen LogP contribution >= 0.6 is 11.6 Å². The number of nitrogens with one attached hydrogen (secondary N) is 1. The normalized spacial score (nSPS) is 15.6. The summed E-state index contributed by atoms with van der Waals surface area (Å²) >= 11 is 5.82. The smallest absolute Gasteiger partial charge is 0.255 e. The molecule has 0 atom stereocenters. The standard InChI is InChI=1S/C18H20ClN3O3S/c1-13-5-6-15(26(24,25)22-9-3-2-4-10-22)12-16(13)21-18(23)14-7-8-20-17(19)11-14/h5-8,11-12H,2-4,9-10H2,1H3,(H,21,23). The minimum Gasteiger partial charge on any atom is -0.322 e. The highest BCUT2D eigenvalue weighted by Crippen LogP contribution is 2.25. The summed E-state index contributed by atoms with van der Waals surface area (Å²) in [5.41, 5.74) is 1.59. The number of hydrogen-bond acceptors (Lipinski definition) is 4. The zero-order chi connectivity index (χ0) is 18.7. The van der Waals surface area contributed by atoms with Gasteiger partial charge in [0.25, 0.3) is 5.91 Å². The van der Waals surface area contributed by atoms with Gasteiger partial charge in [0.15, 0.2) is 0 Å². The molecular weight excluding hydrogens is 374 g/mol. The van der Waals surface area contributed by atoms with Crippen molar-refractivity contribution in [2.75, 3.05) is 18.4 Å². The van der Waals surface area contributed by atoms with E-state index in [0.29, 0.717) is 24.3 Å². The number of hydrogen-bond donors (Lipinski definition) is 1. The molecule has 0 spiro atoms. The maximum absolute atomic E-state index is 12.8. The third kappa shape index (κ3) is 4.06. The molecule has 1 N–H and O–H groups in total. The van der Waals surface area contributed by atoms with Crippen LogP contribution in [-0.2, 0) is 10.0 Å². The molecule has 1 saturated heterocycles. The zero-order valence-electron chi connectivity index (χ0n) is 14.4. The summed E-state index contributed by atoms with van der Waals surface area (Å²) in [6, 6.07) is 7.80. The number of aryl methyl sites for hydroxylation is 1. The van der Waals surface area contributed by atoms with Gasteiger partial charge in [0, 0.05) is 30.5 Å². The van der Waals surface area contributed by atoms with E-state index < -0.39 is 10.0 Å². The summed E-state index contributed by atoms with van der Waals surface area (Å²) in [5.74, 6) is -0.370. The number of piperidine rings is 1. The molecule has 1 aliphatic rings. The summed E-state index contributed by atoms with van der Waals surface area (Å²) < 4.78 is 27.2. The van der Waals surface area contributed by atoms with Gasteiger partial charge in [-0.3, -0.25) is 4.79 Å². The number of sulfonamides is 1. The topological polar surface area (TPSA) is 79.4 Å². The lowest BCUT2D eigenvalue weighted by molar-refractivity contribution is 0.102. The second-order valence-electron chi connectivity index (χ2n) is 6.26. The molecule has 2 heterocycles. The maximum atomic E-state index is 12.8. The molecule has 0 radical (unpaired) electrons. The zero-order valence-corrected chi connectivity index (χ0v) is 16.0. The van der Waals surface area contributed by atoms with Gasteiger partial charge in [-0.05, 0) is 49.6 Å². The summed E-state index contributed by atoms with van der Waals surface area (Å²) in [6.07, 6.45) is 4.24. The Hall–Kier alpha value is -1.96. The van der Waals surface area contributed by atoms with Crippen LogP contribution in [0.1, 0.15) is 35.2 Å². The number of amides is 1. The van der Waals surface area contributed by atoms with Gasteiger partial charge in [0.1, 0.15) is 5.15 Å². The molecule has 6 nitrogen and oxygen atoms in total. The van der Waals surface area contributed by atoms with Crippen LogP contribution in [0, 0.1) is 6.92 Å². The van der Waals surface area contributed by atoms with Crippen molar-refractivity contribution in [1.82, 2.24) is 9.29 Å². The van der Waals surface area contributed by atoms with E-state index in [9.17, 15) is 13.2 Å². The first-order valence-corrected chi connectivity index (χ1v) is 10.2. The lowest BCUT2D eigenvalue weighted by Crippen LogP contribution is -2.35. The van der Waals surface area contributed by atoms with Crippen molar-refractivity contribution in [1.29, 1.82) is 0 Å². The van der Waals surface area contributed by atoms with E-state index >= 15 is 0 Å². The van der Waals surface area contributed by atoms with Gasteiger partial charge in [-0.25, -0.2) is 13.4 Å². The Morgan fingerprint density at radius 1 is 1.15 bits per heavy atom. The lowest BCUT2D eigenvalue weighted by Gasteiger charge is -2.26. The molecule has 0 saturated carbocycles. The number of rotatable bonds is 4. The van der Waals surface area contributed by atoms with Crippen LogP contribution in [0.3, 0.4) is 0 Å². The fraction of sp³-hybridized carbons (Fsp3) is 0.333. The summed E-state index contributed by atoms with van der Waals surface area (Å²) in [6.45, 7) is 2.88. The van der Waals surface area contributed by atoms with Crippen molar-refractivity contribution in [3.8, 4) is 0 Å². The predicted octanol–water partition coefficient (Wildman–Crippen LogP) is 3.47. The molecule has 8 heteroatoms. The van der Waals surface area contributed by atoms with Crippen molar-refractivity contribution in [2.24, 2.45) is 0 Å². The largest absolute Gasteiger partial charge is 0.322 e. The third-order valence-electron chi connectivity index (χ3n) is 4.40. The second kappa shape index (κ2) is 7.73. The Bertz CT molecular complexity index is 925. The number of aromatic nitrogens is 1. The number of carbonyl (C=O) groups excluding carboxylic acids is 1. The number of anilines is 1. The van der Waals surface area contributed by atoms with Crippen molar-refractivity contribution >= 4 is 33.2 Å². The lowest BCUT2D eigenvalue weighted by atomic mass is 10.2. The molecule has 1 aliphatic heterocycles. The number of benzene rings is 1. The number of carbonyl (C=O) groups is 1. The van der Waals surface area contributed by atoms with E-state index in [-0.39, 0.29) is 16.0 Å². The Balaban J connectivity index is 1.87. The van der Waals surface area contributed by atoms with Crippen molar-refractivity contribution in [2.45, 2.75) is 31.1 Å². The predicted molar refractivity (Wildman–Crippen MR) is 101 cm³/mol. The van der Waals surface area contributed by atoms with E-state index in [1.807, 2.05) is 6.92 Å². The van der Waals surface area contributed by atoms with Crippen LogP contribution < -0.4 is 5.32 Å². The first kappa shape index (κ1) is 18.8. The molecule has 26 heavy (non-hydrogen) atoms. The number of nitrogens with zero attached hydrogens (tertiary/aromatic N) is 2. The summed E-state index contributed by atoms with van der Waals surface area (Å²) in [5, 5.41) is 2.98. The molecule has 0 bridgehead atoms. The Labute approximate surface area is 158 Å². The van der Waals surface area contributed by atoms with Crippen LogP contribution in [-0.4, -0.2) is 36.7 Å². The molecular formula is C18H20ClN3O3S. The molecule has 1 aromatic heterocycles. The van der Waals surface area contributed by atoms with E-state index in [0.717, 1.165) is 24.8 Å². The minimum absolute atomic E-state index is 0.188. The van der Waals surface area contributed by atoms with Crippen molar-refractivity contribution < 1.29 is 13.2 Å². The van der Waals surface area contributed by atoms with Gasteiger partial charge in [-0.2, -0.15) is 4.31 Å². The van der Waals surface area contributed by atoms with Crippen LogP contribution in [0.15, 0.2) is 41.4 Å². The first-order valence-electron chi connectivity index (χ1n) is 8.41. The molecule has 2 aromatic rings. The number of halogens is 1. The third-order valence-corrected chi connectivity index (χ3v) is 6.50. The van der Waals surface area contributed by atoms with Crippen LogP contribution in [0.5, 0.6) is 0 Å². The average Bonchev–Trinajstić information content (AvgIpc) is 2.64. The Morgan fingerprint density at radius 3 is 2.58 bits per heavy atom. The van der Waals surface area contributed by atoms with Crippen LogP contribution in [0.2, 0.25) is 5.15 Å². The quantitative estimate of drug-likeness (QED) is 0.806. The fourth-order valence-corrected chi connectivity index (χ4v) is 4.61. The SMILES string of the molecule is Cc1ccc(S(=O)(=O)N2CCCCC2)cc1NC(=O)c1ccnc(Cl)c1. The highest BCUT2D eigenvalue weighted by atomic mass is 35.5. The van der Waals surface area contributed by atoms with E-state index in [1.54, 1.807) is 18.2 Å². The molecule has 138 valence electrons. The van der Waals surface area contributed by atoms with Gasteiger partial charge in [-0.15, -0.1) is 0 Å². The number of pyridine rings is 1. The fourth-order valence-electron chi connectivity index (χ4n) is 2.89. The van der Waals surface area contributed by atoms with Crippen molar-refractivity contribution in [3.05, 3.63) is 52.8 Å². The molecule has 0 aliphatic carbocycles. The Morgan fingerprint density at radius 2 is 1.88 bits per heavy atom. The van der Waals surface area contributed by atoms with Crippen LogP contribution in [0.4, 0.5) is 5.69 Å². The van der Waals surface area contributed by atoms with Crippen LogP contribution in [0.25, 0.3) is 0 Å². The monoisotopic (exact) mass is 393 g/mol. The maximum Gasteiger partial charge on any atom is 0.255 e. The molecule has 1 amide bonds. The van der Waals surface area contributed by atoms with Gasteiger partial charge < -0.3 is 5.32 Å². The summed E-state index contributed by atoms with van der Waals surface area (Å²) in [7, 11) is -3.56. The first-order chi connectivity index (χ1) is 12.4. The van der Waals surface area contributed by atoms with Gasteiger partial charge in [0.05, 0.1) is 4.90 Å². The Kier molecular flexibility index (Phi) is 5.60. The highest BCUT2D eigenvalue weighted by molar-refractivity contribution is 7.89. The molecule has 1 aromatic carbocycles. The molecule has 0 unspecified atom stereocenters. The molecule has 3 rings (SSSR count). The van der Waals surface area contributed by atoms with E-state index in [4.69, 9.17) is 11.6 Å². The van der Waals surface area contributed by atoms with Crippen molar-refractivity contribution in [3.63, 3.8) is 0 Å². The second-order valence-corrected chi connectivity index (χ2v) is 8.59. The highest BCUT2D eigenvalue weighted by Gasteiger charge is 2.26. The minimum atomic E-state index is -3.56. The van der Waals surface area contributed by atoms with Gasteiger partial charge >= 0.3 is 0 Å². The van der Waals surface area contributed by atoms with E-state index in [2.05, 4.69) is 10.3 Å². The van der Waals surface area contributed by atoms with Gasteiger partial charge in [-0.1, -0.05) is 24.1 Å². The molecule has 1 fully saturated rings. The average molecular weight is 394 g/mol. The van der Waals surface area contributed by atoms with Gasteiger partial charge in [0.2, 0.25) is 10.0 Å².